The first-order valence-electron chi connectivity index (χ1n) is 7.93. The Morgan fingerprint density at radius 3 is 2.67 bits per heavy atom. The van der Waals surface area contributed by atoms with Crippen LogP contribution in [0.1, 0.15) is 45.4 Å². The molecule has 0 spiro atoms. The second-order valence-corrected chi connectivity index (χ2v) is 6.16. The molecular formula is C15H28ClN3O2. The zero-order chi connectivity index (χ0) is 14.4. The Hall–Kier alpha value is -0.810. The van der Waals surface area contributed by atoms with E-state index in [1.807, 2.05) is 4.90 Å². The van der Waals surface area contributed by atoms with Crippen molar-refractivity contribution in [1.82, 2.24) is 15.5 Å². The predicted octanol–water partition coefficient (Wildman–Crippen LogP) is 1.32. The SMILES string of the molecule is CC1CN(C(=O)CNC(=O)CCC2CCCC2)CCN1.Cl. The van der Waals surface area contributed by atoms with Crippen molar-refractivity contribution in [3.8, 4) is 0 Å². The average Bonchev–Trinajstić information content (AvgIpc) is 2.95. The van der Waals surface area contributed by atoms with Gasteiger partial charge in [-0.2, -0.15) is 0 Å². The maximum Gasteiger partial charge on any atom is 0.242 e. The zero-order valence-corrected chi connectivity index (χ0v) is 13.7. The molecule has 122 valence electrons. The van der Waals surface area contributed by atoms with Crippen molar-refractivity contribution in [2.24, 2.45) is 5.92 Å². The second kappa shape index (κ2) is 9.26. The zero-order valence-electron chi connectivity index (χ0n) is 12.9. The van der Waals surface area contributed by atoms with Crippen LogP contribution in [-0.2, 0) is 9.59 Å². The normalized spacial score (nSPS) is 22.7. The summed E-state index contributed by atoms with van der Waals surface area (Å²) >= 11 is 0. The third kappa shape index (κ3) is 6.22. The van der Waals surface area contributed by atoms with Gasteiger partial charge >= 0.3 is 0 Å². The number of carbonyl (C=O) groups excluding carboxylic acids is 2. The molecule has 1 atom stereocenters. The summed E-state index contributed by atoms with van der Waals surface area (Å²) in [5.74, 6) is 0.784. The minimum absolute atomic E-state index is 0. The van der Waals surface area contributed by atoms with Gasteiger partial charge in [0.05, 0.1) is 6.54 Å². The highest BCUT2D eigenvalue weighted by Crippen LogP contribution is 2.28. The van der Waals surface area contributed by atoms with Crippen LogP contribution in [0.4, 0.5) is 0 Å². The van der Waals surface area contributed by atoms with Crippen molar-refractivity contribution in [2.75, 3.05) is 26.2 Å². The van der Waals surface area contributed by atoms with E-state index in [0.717, 1.165) is 32.0 Å². The number of carbonyl (C=O) groups is 2. The second-order valence-electron chi connectivity index (χ2n) is 6.16. The quantitative estimate of drug-likeness (QED) is 0.804. The first kappa shape index (κ1) is 18.2. The molecule has 2 aliphatic rings. The third-order valence-electron chi connectivity index (χ3n) is 4.41. The Kier molecular flexibility index (Phi) is 8.04. The van der Waals surface area contributed by atoms with E-state index in [1.54, 1.807) is 0 Å². The molecule has 0 bridgehead atoms. The summed E-state index contributed by atoms with van der Waals surface area (Å²) in [5, 5.41) is 6.07. The standard InChI is InChI=1S/C15H27N3O2.ClH/c1-12-11-18(9-8-16-12)15(20)10-17-14(19)7-6-13-4-2-3-5-13;/h12-13,16H,2-11H2,1H3,(H,17,19);1H. The van der Waals surface area contributed by atoms with Crippen molar-refractivity contribution in [3.05, 3.63) is 0 Å². The number of nitrogens with one attached hydrogen (secondary N) is 2. The number of hydrogen-bond acceptors (Lipinski definition) is 3. The molecule has 1 unspecified atom stereocenters. The minimum Gasteiger partial charge on any atom is -0.347 e. The van der Waals surface area contributed by atoms with Gasteiger partial charge in [-0.1, -0.05) is 25.7 Å². The van der Waals surface area contributed by atoms with Crippen molar-refractivity contribution in [1.29, 1.82) is 0 Å². The van der Waals surface area contributed by atoms with Crippen molar-refractivity contribution >= 4 is 24.2 Å². The Balaban J connectivity index is 0.00000220. The highest BCUT2D eigenvalue weighted by molar-refractivity contribution is 5.85. The summed E-state index contributed by atoms with van der Waals surface area (Å²) in [6, 6.07) is 0.339. The van der Waals surface area contributed by atoms with Crippen LogP contribution in [0.3, 0.4) is 0 Å². The molecule has 1 saturated heterocycles. The number of nitrogens with zero attached hydrogens (tertiary/aromatic N) is 1. The molecule has 21 heavy (non-hydrogen) atoms. The van der Waals surface area contributed by atoms with Crippen LogP contribution in [0.2, 0.25) is 0 Å². The van der Waals surface area contributed by atoms with E-state index in [-0.39, 0.29) is 30.8 Å². The fourth-order valence-electron chi connectivity index (χ4n) is 3.17. The smallest absolute Gasteiger partial charge is 0.242 e. The van der Waals surface area contributed by atoms with Crippen LogP contribution < -0.4 is 10.6 Å². The molecule has 2 fully saturated rings. The fraction of sp³-hybridized carbons (Fsp3) is 0.867. The first-order chi connectivity index (χ1) is 9.65. The van der Waals surface area contributed by atoms with Gasteiger partial charge in [-0.05, 0) is 19.3 Å². The fourth-order valence-corrected chi connectivity index (χ4v) is 3.17. The topological polar surface area (TPSA) is 61.4 Å². The molecule has 1 heterocycles. The summed E-state index contributed by atoms with van der Waals surface area (Å²) in [7, 11) is 0. The van der Waals surface area contributed by atoms with Crippen molar-refractivity contribution < 1.29 is 9.59 Å². The molecule has 2 amide bonds. The molecule has 2 N–H and O–H groups in total. The monoisotopic (exact) mass is 317 g/mol. The molecule has 6 heteroatoms. The van der Waals surface area contributed by atoms with Gasteiger partial charge in [0.2, 0.25) is 11.8 Å². The van der Waals surface area contributed by atoms with E-state index in [9.17, 15) is 9.59 Å². The number of amides is 2. The maximum atomic E-state index is 12.0. The van der Waals surface area contributed by atoms with Crippen LogP contribution >= 0.6 is 12.4 Å². The largest absolute Gasteiger partial charge is 0.347 e. The van der Waals surface area contributed by atoms with Gasteiger partial charge in [0, 0.05) is 32.1 Å². The van der Waals surface area contributed by atoms with Gasteiger partial charge in [0.1, 0.15) is 0 Å². The van der Waals surface area contributed by atoms with E-state index in [1.165, 1.54) is 25.7 Å². The van der Waals surface area contributed by atoms with Crippen LogP contribution in [0.25, 0.3) is 0 Å². The molecule has 0 aromatic heterocycles. The Morgan fingerprint density at radius 1 is 1.29 bits per heavy atom. The lowest BCUT2D eigenvalue weighted by Crippen LogP contribution is -2.53. The lowest BCUT2D eigenvalue weighted by Gasteiger charge is -2.32. The molecule has 0 aromatic carbocycles. The maximum absolute atomic E-state index is 12.0. The van der Waals surface area contributed by atoms with E-state index in [0.29, 0.717) is 12.5 Å². The third-order valence-corrected chi connectivity index (χ3v) is 4.41. The average molecular weight is 318 g/mol. The van der Waals surface area contributed by atoms with Gasteiger partial charge < -0.3 is 15.5 Å². The molecule has 0 radical (unpaired) electrons. The molecule has 2 rings (SSSR count). The summed E-state index contributed by atoms with van der Waals surface area (Å²) in [6.07, 6.45) is 6.70. The van der Waals surface area contributed by atoms with E-state index in [4.69, 9.17) is 0 Å². The van der Waals surface area contributed by atoms with Crippen LogP contribution in [0.15, 0.2) is 0 Å². The van der Waals surface area contributed by atoms with Gasteiger partial charge in [-0.3, -0.25) is 9.59 Å². The number of piperazine rings is 1. The number of rotatable bonds is 5. The Bertz CT molecular complexity index is 346. The number of hydrogen-bond donors (Lipinski definition) is 2. The molecular weight excluding hydrogens is 290 g/mol. The summed E-state index contributed by atoms with van der Waals surface area (Å²) in [4.78, 5) is 25.6. The van der Waals surface area contributed by atoms with Crippen LogP contribution in [0.5, 0.6) is 0 Å². The lowest BCUT2D eigenvalue weighted by atomic mass is 10.0. The molecule has 1 aliphatic carbocycles. The number of halogens is 1. The van der Waals surface area contributed by atoms with Crippen molar-refractivity contribution in [2.45, 2.75) is 51.5 Å². The molecule has 5 nitrogen and oxygen atoms in total. The lowest BCUT2D eigenvalue weighted by molar-refractivity contribution is -0.133. The summed E-state index contributed by atoms with van der Waals surface area (Å²) < 4.78 is 0. The van der Waals surface area contributed by atoms with E-state index in [2.05, 4.69) is 17.6 Å². The molecule has 0 aromatic rings. The minimum atomic E-state index is 0. The Morgan fingerprint density at radius 2 is 2.00 bits per heavy atom. The highest BCUT2D eigenvalue weighted by Gasteiger charge is 2.21. The van der Waals surface area contributed by atoms with Crippen molar-refractivity contribution in [3.63, 3.8) is 0 Å². The highest BCUT2D eigenvalue weighted by atomic mass is 35.5. The van der Waals surface area contributed by atoms with Crippen LogP contribution in [0, 0.1) is 5.92 Å². The van der Waals surface area contributed by atoms with Gasteiger partial charge in [0.15, 0.2) is 0 Å². The molecule has 1 saturated carbocycles. The van der Waals surface area contributed by atoms with E-state index >= 15 is 0 Å². The predicted molar refractivity (Wildman–Crippen MR) is 85.5 cm³/mol. The van der Waals surface area contributed by atoms with Gasteiger partial charge in [0.25, 0.3) is 0 Å². The van der Waals surface area contributed by atoms with Gasteiger partial charge in [-0.15, -0.1) is 12.4 Å². The molecule has 1 aliphatic heterocycles. The van der Waals surface area contributed by atoms with Crippen LogP contribution in [-0.4, -0.2) is 48.9 Å². The summed E-state index contributed by atoms with van der Waals surface area (Å²) in [5.41, 5.74) is 0. The Labute approximate surface area is 133 Å². The van der Waals surface area contributed by atoms with E-state index < -0.39 is 0 Å². The van der Waals surface area contributed by atoms with Gasteiger partial charge in [-0.25, -0.2) is 0 Å². The summed E-state index contributed by atoms with van der Waals surface area (Å²) in [6.45, 7) is 4.52. The first-order valence-corrected chi connectivity index (χ1v) is 7.93.